The molecule has 2 aromatic rings. The molecule has 0 aliphatic heterocycles. The SMILES string of the molecule is CCCN(CCC)C(=O)C1([C@H](Cc2ccccc2)[C@@H](O)CNCc2cc(F)cc(C(F)(F)F)c2)C=CC=C(C(N)=O)C1. The minimum atomic E-state index is -4.70. The molecule has 0 saturated carbocycles. The molecule has 1 unspecified atom stereocenters. The van der Waals surface area contributed by atoms with Crippen LogP contribution in [0.5, 0.6) is 0 Å². The lowest BCUT2D eigenvalue weighted by Crippen LogP contribution is -2.54. The van der Waals surface area contributed by atoms with Gasteiger partial charge in [0.25, 0.3) is 0 Å². The molecule has 0 spiro atoms. The highest BCUT2D eigenvalue weighted by Gasteiger charge is 2.49. The predicted octanol–water partition coefficient (Wildman–Crippen LogP) is 5.16. The Morgan fingerprint density at radius 2 is 1.74 bits per heavy atom. The lowest BCUT2D eigenvalue weighted by molar-refractivity contribution is -0.145. The van der Waals surface area contributed by atoms with Gasteiger partial charge in [0.15, 0.2) is 0 Å². The van der Waals surface area contributed by atoms with Crippen molar-refractivity contribution in [1.29, 1.82) is 0 Å². The Bertz CT molecular complexity index is 1270. The van der Waals surface area contributed by atoms with Crippen molar-refractivity contribution in [2.75, 3.05) is 19.6 Å². The third-order valence-electron chi connectivity index (χ3n) is 7.55. The third-order valence-corrected chi connectivity index (χ3v) is 7.55. The number of alkyl halides is 3. The van der Waals surface area contributed by atoms with Crippen LogP contribution in [0.3, 0.4) is 0 Å². The zero-order chi connectivity index (χ0) is 30.9. The van der Waals surface area contributed by atoms with Gasteiger partial charge in [-0.2, -0.15) is 13.2 Å². The minimum absolute atomic E-state index is 0.00497. The Balaban J connectivity index is 1.98. The fourth-order valence-corrected chi connectivity index (χ4v) is 5.60. The molecule has 0 aromatic heterocycles. The fourth-order valence-electron chi connectivity index (χ4n) is 5.60. The van der Waals surface area contributed by atoms with Crippen molar-refractivity contribution >= 4 is 11.8 Å². The van der Waals surface area contributed by atoms with Crippen molar-refractivity contribution in [2.24, 2.45) is 17.1 Å². The summed E-state index contributed by atoms with van der Waals surface area (Å²) in [6.07, 6.45) is 0.754. The first-order chi connectivity index (χ1) is 19.9. The van der Waals surface area contributed by atoms with Gasteiger partial charge >= 0.3 is 6.18 Å². The van der Waals surface area contributed by atoms with Crippen molar-refractivity contribution in [3.8, 4) is 0 Å². The van der Waals surface area contributed by atoms with E-state index in [9.17, 15) is 32.3 Å². The Kier molecular flexibility index (Phi) is 11.5. The monoisotopic (exact) mass is 589 g/mol. The minimum Gasteiger partial charge on any atom is -0.391 e. The van der Waals surface area contributed by atoms with Crippen LogP contribution in [0.2, 0.25) is 0 Å². The van der Waals surface area contributed by atoms with Gasteiger partial charge in [0.2, 0.25) is 11.8 Å². The van der Waals surface area contributed by atoms with E-state index in [1.54, 1.807) is 23.1 Å². The van der Waals surface area contributed by atoms with Gasteiger partial charge in [0.05, 0.1) is 17.1 Å². The summed E-state index contributed by atoms with van der Waals surface area (Å²) >= 11 is 0. The Morgan fingerprint density at radius 3 is 2.33 bits per heavy atom. The molecule has 42 heavy (non-hydrogen) atoms. The second-order valence-corrected chi connectivity index (χ2v) is 10.8. The van der Waals surface area contributed by atoms with Gasteiger partial charge in [0, 0.05) is 37.7 Å². The number of aliphatic hydroxyl groups is 1. The number of aliphatic hydroxyl groups excluding tert-OH is 1. The van der Waals surface area contributed by atoms with Gasteiger partial charge in [-0.15, -0.1) is 0 Å². The lowest BCUT2D eigenvalue weighted by atomic mass is 9.64. The number of carbonyl (C=O) groups is 2. The van der Waals surface area contributed by atoms with E-state index in [2.05, 4.69) is 5.32 Å². The van der Waals surface area contributed by atoms with Crippen LogP contribution in [-0.2, 0) is 28.7 Å². The van der Waals surface area contributed by atoms with E-state index in [-0.39, 0.29) is 43.0 Å². The maximum atomic E-state index is 14.4. The van der Waals surface area contributed by atoms with Crippen LogP contribution in [-0.4, -0.2) is 47.6 Å². The topological polar surface area (TPSA) is 95.7 Å². The van der Waals surface area contributed by atoms with Crippen LogP contribution in [0.1, 0.15) is 49.8 Å². The standard InChI is InChI=1S/C32H39F4N3O3/c1-3-13-39(14-4-2)30(42)31(12-8-11-24(19-31)29(37)41)27(17-22-9-6-5-7-10-22)28(40)21-38-20-23-15-25(32(34,35)36)18-26(33)16-23/h5-12,15-16,18,27-28,38,40H,3-4,13-14,17,19-21H2,1-2H3,(H2,37,41)/t27-,28+,31?/m1/s1. The number of primary amides is 1. The molecule has 0 fully saturated rings. The van der Waals surface area contributed by atoms with Crippen LogP contribution in [0.15, 0.2) is 72.3 Å². The summed E-state index contributed by atoms with van der Waals surface area (Å²) in [6.45, 7) is 4.67. The number of rotatable bonds is 14. The highest BCUT2D eigenvalue weighted by Crippen LogP contribution is 2.44. The molecule has 2 amide bonds. The largest absolute Gasteiger partial charge is 0.416 e. The number of hydrogen-bond donors (Lipinski definition) is 3. The summed E-state index contributed by atoms with van der Waals surface area (Å²) in [5, 5.41) is 14.6. The number of carbonyl (C=O) groups excluding carboxylic acids is 2. The molecule has 228 valence electrons. The molecule has 0 saturated heterocycles. The fraction of sp³-hybridized carbons (Fsp3) is 0.438. The molecule has 0 radical (unpaired) electrons. The molecule has 3 rings (SSSR count). The van der Waals surface area contributed by atoms with Gasteiger partial charge in [-0.3, -0.25) is 9.59 Å². The van der Waals surface area contributed by atoms with Crippen LogP contribution in [0.25, 0.3) is 0 Å². The van der Waals surface area contributed by atoms with Gasteiger partial charge in [0.1, 0.15) is 5.82 Å². The molecule has 10 heteroatoms. The second kappa shape index (κ2) is 14.6. The van der Waals surface area contributed by atoms with Crippen molar-refractivity contribution in [2.45, 2.75) is 58.4 Å². The molecule has 3 atom stereocenters. The first kappa shape index (κ1) is 33.0. The number of benzene rings is 2. The normalized spacial score (nSPS) is 18.3. The zero-order valence-corrected chi connectivity index (χ0v) is 24.0. The van der Waals surface area contributed by atoms with Gasteiger partial charge < -0.3 is 21.1 Å². The quantitative estimate of drug-likeness (QED) is 0.265. The Hall–Kier alpha value is -3.50. The van der Waals surface area contributed by atoms with Crippen molar-refractivity contribution < 1.29 is 32.3 Å². The average molecular weight is 590 g/mol. The Labute approximate surface area is 244 Å². The Morgan fingerprint density at radius 1 is 1.07 bits per heavy atom. The van der Waals surface area contributed by atoms with Gasteiger partial charge in [-0.05, 0) is 55.0 Å². The number of nitrogens with two attached hydrogens (primary N) is 1. The summed E-state index contributed by atoms with van der Waals surface area (Å²) in [5.41, 5.74) is 4.42. The van der Waals surface area contributed by atoms with Crippen molar-refractivity contribution in [3.05, 3.63) is 94.8 Å². The summed E-state index contributed by atoms with van der Waals surface area (Å²) in [5.74, 6) is -2.65. The average Bonchev–Trinajstić information content (AvgIpc) is 2.95. The highest BCUT2D eigenvalue weighted by atomic mass is 19.4. The van der Waals surface area contributed by atoms with Crippen LogP contribution >= 0.6 is 0 Å². The summed E-state index contributed by atoms with van der Waals surface area (Å²) in [4.78, 5) is 28.4. The molecule has 2 aromatic carbocycles. The number of amides is 2. The van der Waals surface area contributed by atoms with Gasteiger partial charge in [-0.25, -0.2) is 4.39 Å². The van der Waals surface area contributed by atoms with E-state index < -0.39 is 40.9 Å². The van der Waals surface area contributed by atoms with Crippen molar-refractivity contribution in [3.63, 3.8) is 0 Å². The van der Waals surface area contributed by atoms with Crippen LogP contribution in [0.4, 0.5) is 17.6 Å². The second-order valence-electron chi connectivity index (χ2n) is 10.8. The lowest BCUT2D eigenvalue weighted by Gasteiger charge is -2.44. The molecule has 1 aliphatic rings. The van der Waals surface area contributed by atoms with E-state index in [0.717, 1.165) is 17.7 Å². The van der Waals surface area contributed by atoms with E-state index in [1.165, 1.54) is 0 Å². The van der Waals surface area contributed by atoms with E-state index >= 15 is 0 Å². The number of hydrogen-bond acceptors (Lipinski definition) is 4. The maximum absolute atomic E-state index is 14.4. The summed E-state index contributed by atoms with van der Waals surface area (Å²) in [6, 6.07) is 11.6. The number of nitrogens with zero attached hydrogens (tertiary/aromatic N) is 1. The number of allylic oxidation sites excluding steroid dienone is 2. The van der Waals surface area contributed by atoms with Gasteiger partial charge in [-0.1, -0.05) is 62.4 Å². The first-order valence-corrected chi connectivity index (χ1v) is 14.2. The van der Waals surface area contributed by atoms with Crippen LogP contribution in [0, 0.1) is 17.2 Å². The molecular weight excluding hydrogens is 550 g/mol. The van der Waals surface area contributed by atoms with Crippen LogP contribution < -0.4 is 11.1 Å². The number of nitrogens with one attached hydrogen (secondary N) is 1. The van der Waals surface area contributed by atoms with Crippen molar-refractivity contribution in [1.82, 2.24) is 10.2 Å². The molecule has 0 heterocycles. The molecule has 6 nitrogen and oxygen atoms in total. The van der Waals surface area contributed by atoms with E-state index in [1.807, 2.05) is 44.2 Å². The summed E-state index contributed by atoms with van der Waals surface area (Å²) < 4.78 is 53.5. The summed E-state index contributed by atoms with van der Waals surface area (Å²) in [7, 11) is 0. The third kappa shape index (κ3) is 8.29. The molecular formula is C32H39F4N3O3. The first-order valence-electron chi connectivity index (χ1n) is 14.2. The highest BCUT2D eigenvalue weighted by molar-refractivity contribution is 5.95. The van der Waals surface area contributed by atoms with E-state index in [4.69, 9.17) is 5.73 Å². The maximum Gasteiger partial charge on any atom is 0.416 e. The number of halogens is 4. The molecule has 1 aliphatic carbocycles. The molecule has 4 N–H and O–H groups in total. The smallest absolute Gasteiger partial charge is 0.391 e. The predicted molar refractivity (Wildman–Crippen MR) is 153 cm³/mol. The molecule has 0 bridgehead atoms. The van der Waals surface area contributed by atoms with E-state index in [0.29, 0.717) is 32.0 Å². The zero-order valence-electron chi connectivity index (χ0n) is 24.0.